The molecule has 188 valence electrons. The van der Waals surface area contributed by atoms with Gasteiger partial charge in [0.05, 0.1) is 32.4 Å². The normalized spacial score (nSPS) is 15.1. The number of benzene rings is 2. The molecule has 1 fully saturated rings. The third kappa shape index (κ3) is 6.43. The second-order valence-electron chi connectivity index (χ2n) is 7.85. The van der Waals surface area contributed by atoms with E-state index >= 15 is 8.78 Å². The molecule has 1 aliphatic rings. The number of hydrogen-bond donors (Lipinski definition) is 1. The summed E-state index contributed by atoms with van der Waals surface area (Å²) in [5, 5.41) is 4.05. The van der Waals surface area contributed by atoms with Crippen molar-refractivity contribution in [1.82, 2.24) is 10.4 Å². The van der Waals surface area contributed by atoms with E-state index in [0.717, 1.165) is 22.6 Å². The van der Waals surface area contributed by atoms with Gasteiger partial charge < -0.3 is 15.0 Å². The minimum Gasteiger partial charge on any atom is -0.442 e. The van der Waals surface area contributed by atoms with Crippen LogP contribution in [0.4, 0.5) is 25.0 Å². The summed E-state index contributed by atoms with van der Waals surface area (Å²) in [5.41, 5.74) is 0.627. The van der Waals surface area contributed by atoms with E-state index in [1.165, 1.54) is 24.0 Å². The van der Waals surface area contributed by atoms with Crippen LogP contribution in [0, 0.1) is 11.6 Å². The quantitative estimate of drug-likeness (QED) is 0.391. The summed E-state index contributed by atoms with van der Waals surface area (Å²) in [4.78, 5) is 31.8. The number of hydroxylamine groups is 2. The minimum absolute atomic E-state index is 0.0406. The first kappa shape index (κ1) is 26.3. The number of thiocarbonyl (C=S) groups is 1. The van der Waals surface area contributed by atoms with Gasteiger partial charge in [0, 0.05) is 37.7 Å². The molecule has 1 atom stereocenters. The number of carbonyl (C=O) groups excluding carboxylic acids is 2. The lowest BCUT2D eigenvalue weighted by atomic mass is 10.2. The maximum atomic E-state index is 15.1. The molecule has 0 spiro atoms. The maximum absolute atomic E-state index is 15.1. The third-order valence-corrected chi connectivity index (χ3v) is 5.94. The summed E-state index contributed by atoms with van der Waals surface area (Å²) in [6.07, 6.45) is -1.35. The summed E-state index contributed by atoms with van der Waals surface area (Å²) in [7, 11) is 1.48. The topological polar surface area (TPSA) is 74.3 Å². The molecule has 3 rings (SSSR count). The van der Waals surface area contributed by atoms with E-state index in [2.05, 4.69) is 5.32 Å². The standard InChI is InChI=1S/C24H28F2N4O4S/c1-4-28(10-11-30(33-3)23(35)17-8-6-5-7-9-17)22-20(25)12-18(13-21(22)26)29-15-19(34-24(29)32)14-27-16(2)31/h5-9,12-13,19H,4,10-11,14-15H2,1-3H3,(H,27,31)/t19-/m0/s1. The van der Waals surface area contributed by atoms with E-state index in [-0.39, 0.29) is 43.5 Å². The number of rotatable bonds is 10. The zero-order valence-corrected chi connectivity index (χ0v) is 20.6. The number of cyclic esters (lactones) is 1. The first-order valence-corrected chi connectivity index (χ1v) is 11.5. The molecule has 1 aliphatic heterocycles. The Bertz CT molecular complexity index is 1050. The van der Waals surface area contributed by atoms with Gasteiger partial charge in [-0.15, -0.1) is 0 Å². The van der Waals surface area contributed by atoms with Crippen LogP contribution >= 0.6 is 12.2 Å². The Kier molecular flexibility index (Phi) is 8.94. The van der Waals surface area contributed by atoms with Gasteiger partial charge in [0.15, 0.2) is 11.6 Å². The van der Waals surface area contributed by atoms with Crippen LogP contribution in [0.15, 0.2) is 42.5 Å². The van der Waals surface area contributed by atoms with Crippen LogP contribution in [0.5, 0.6) is 0 Å². The third-order valence-electron chi connectivity index (χ3n) is 5.50. The Morgan fingerprint density at radius 2 is 1.89 bits per heavy atom. The second kappa shape index (κ2) is 11.9. The molecular weight excluding hydrogens is 478 g/mol. The smallest absolute Gasteiger partial charge is 0.414 e. The van der Waals surface area contributed by atoms with Crippen LogP contribution in [0.1, 0.15) is 19.4 Å². The number of hydrogen-bond acceptors (Lipinski definition) is 6. The molecule has 2 amide bonds. The molecule has 0 saturated carbocycles. The SMILES string of the molecule is CCN(CCN(OC)C(=S)c1ccccc1)c1c(F)cc(N2C[C@H](CNC(C)=O)OC2=O)cc1F. The zero-order chi connectivity index (χ0) is 25.5. The fourth-order valence-electron chi connectivity index (χ4n) is 3.75. The van der Waals surface area contributed by atoms with Crippen molar-refractivity contribution in [1.29, 1.82) is 0 Å². The predicted molar refractivity (Wildman–Crippen MR) is 132 cm³/mol. The highest BCUT2D eigenvalue weighted by Gasteiger charge is 2.33. The van der Waals surface area contributed by atoms with Crippen molar-refractivity contribution in [3.05, 3.63) is 59.7 Å². The van der Waals surface area contributed by atoms with Gasteiger partial charge in [0.1, 0.15) is 16.8 Å². The molecule has 1 heterocycles. The Labute approximate surface area is 208 Å². The van der Waals surface area contributed by atoms with Crippen molar-refractivity contribution in [2.45, 2.75) is 20.0 Å². The van der Waals surface area contributed by atoms with Crippen molar-refractivity contribution in [3.8, 4) is 0 Å². The van der Waals surface area contributed by atoms with Crippen LogP contribution in [0.25, 0.3) is 0 Å². The van der Waals surface area contributed by atoms with Crippen LogP contribution in [-0.4, -0.2) is 68.0 Å². The molecule has 8 nitrogen and oxygen atoms in total. The number of ether oxygens (including phenoxy) is 1. The Morgan fingerprint density at radius 1 is 1.23 bits per heavy atom. The number of nitrogens with zero attached hydrogens (tertiary/aromatic N) is 3. The van der Waals surface area contributed by atoms with Crippen molar-refractivity contribution in [2.24, 2.45) is 0 Å². The molecule has 1 N–H and O–H groups in total. The Hall–Kier alpha value is -3.31. The average Bonchev–Trinajstić information content (AvgIpc) is 3.22. The highest BCUT2D eigenvalue weighted by molar-refractivity contribution is 7.80. The molecule has 0 aliphatic carbocycles. The van der Waals surface area contributed by atoms with Crippen LogP contribution in [0.2, 0.25) is 0 Å². The van der Waals surface area contributed by atoms with Gasteiger partial charge in [0.2, 0.25) is 5.91 Å². The van der Waals surface area contributed by atoms with Crippen molar-refractivity contribution >= 4 is 40.6 Å². The fourth-order valence-corrected chi connectivity index (χ4v) is 4.05. The average molecular weight is 507 g/mol. The van der Waals surface area contributed by atoms with E-state index in [1.54, 1.807) is 6.92 Å². The van der Waals surface area contributed by atoms with E-state index in [1.807, 2.05) is 30.3 Å². The summed E-state index contributed by atoms with van der Waals surface area (Å²) < 4.78 is 35.4. The largest absolute Gasteiger partial charge is 0.442 e. The lowest BCUT2D eigenvalue weighted by Crippen LogP contribution is -2.38. The lowest BCUT2D eigenvalue weighted by molar-refractivity contribution is -0.119. The molecule has 2 aromatic rings. The summed E-state index contributed by atoms with van der Waals surface area (Å²) >= 11 is 5.49. The number of amides is 2. The summed E-state index contributed by atoms with van der Waals surface area (Å²) in [6, 6.07) is 11.5. The van der Waals surface area contributed by atoms with Gasteiger partial charge in [-0.05, 0) is 6.92 Å². The molecule has 0 aromatic heterocycles. The van der Waals surface area contributed by atoms with E-state index < -0.39 is 23.8 Å². The summed E-state index contributed by atoms with van der Waals surface area (Å²) in [6.45, 7) is 4.13. The van der Waals surface area contributed by atoms with Gasteiger partial charge in [-0.25, -0.2) is 18.6 Å². The van der Waals surface area contributed by atoms with E-state index in [0.29, 0.717) is 11.5 Å². The molecule has 35 heavy (non-hydrogen) atoms. The highest BCUT2D eigenvalue weighted by atomic mass is 32.1. The van der Waals surface area contributed by atoms with Crippen LogP contribution in [0.3, 0.4) is 0 Å². The van der Waals surface area contributed by atoms with Gasteiger partial charge in [-0.3, -0.25) is 14.5 Å². The number of anilines is 2. The number of nitrogens with one attached hydrogen (secondary N) is 1. The number of likely N-dealkylation sites (N-methyl/N-ethyl adjacent to an activating group) is 1. The van der Waals surface area contributed by atoms with Gasteiger partial charge >= 0.3 is 6.09 Å². The minimum atomic E-state index is -0.811. The molecule has 1 saturated heterocycles. The monoisotopic (exact) mass is 506 g/mol. The maximum Gasteiger partial charge on any atom is 0.414 e. The lowest BCUT2D eigenvalue weighted by Gasteiger charge is -2.29. The Balaban J connectivity index is 1.72. The zero-order valence-electron chi connectivity index (χ0n) is 19.8. The first-order chi connectivity index (χ1) is 16.7. The van der Waals surface area contributed by atoms with Crippen molar-refractivity contribution < 1.29 is 27.9 Å². The number of halogens is 2. The molecule has 0 bridgehead atoms. The van der Waals surface area contributed by atoms with Gasteiger partial charge in [-0.2, -0.15) is 0 Å². The van der Waals surface area contributed by atoms with Crippen molar-refractivity contribution in [2.75, 3.05) is 49.6 Å². The molecular formula is C24H28F2N4O4S. The summed E-state index contributed by atoms with van der Waals surface area (Å²) in [5.74, 6) is -1.89. The second-order valence-corrected chi connectivity index (χ2v) is 8.23. The Morgan fingerprint density at radius 3 is 2.46 bits per heavy atom. The van der Waals surface area contributed by atoms with Crippen LogP contribution in [-0.2, 0) is 14.4 Å². The van der Waals surface area contributed by atoms with Crippen molar-refractivity contribution in [3.63, 3.8) is 0 Å². The highest BCUT2D eigenvalue weighted by Crippen LogP contribution is 2.31. The van der Waals surface area contributed by atoms with E-state index in [4.69, 9.17) is 21.8 Å². The molecule has 2 aromatic carbocycles. The molecule has 0 radical (unpaired) electrons. The van der Waals surface area contributed by atoms with Crippen LogP contribution < -0.4 is 15.1 Å². The number of carbonyl (C=O) groups is 2. The molecule has 11 heteroatoms. The first-order valence-electron chi connectivity index (χ1n) is 11.1. The fraction of sp³-hybridized carbons (Fsp3) is 0.375. The van der Waals surface area contributed by atoms with Gasteiger partial charge in [0.25, 0.3) is 0 Å². The van der Waals surface area contributed by atoms with Gasteiger partial charge in [-0.1, -0.05) is 42.5 Å². The predicted octanol–water partition coefficient (Wildman–Crippen LogP) is 3.49. The van der Waals surface area contributed by atoms with E-state index in [9.17, 15) is 9.59 Å². The molecule has 0 unspecified atom stereocenters.